The number of rotatable bonds is 8. The van der Waals surface area contributed by atoms with E-state index < -0.39 is 0 Å². The molecule has 7 nitrogen and oxygen atoms in total. The molecule has 26 heavy (non-hydrogen) atoms. The monoisotopic (exact) mass is 359 g/mol. The van der Waals surface area contributed by atoms with Crippen LogP contribution in [0.15, 0.2) is 29.4 Å². The molecular weight excluding hydrogens is 330 g/mol. The zero-order valence-electron chi connectivity index (χ0n) is 15.5. The number of fused-ring (bicyclic) bond motifs is 1. The van der Waals surface area contributed by atoms with Gasteiger partial charge in [0.15, 0.2) is 5.96 Å². The normalized spacial score (nSPS) is 16.1. The van der Waals surface area contributed by atoms with Crippen molar-refractivity contribution in [1.82, 2.24) is 15.2 Å². The highest BCUT2D eigenvalue weighted by Crippen LogP contribution is 2.28. The summed E-state index contributed by atoms with van der Waals surface area (Å²) in [7, 11) is 1.70. The van der Waals surface area contributed by atoms with Crippen molar-refractivity contribution in [1.29, 1.82) is 0 Å². The van der Waals surface area contributed by atoms with Gasteiger partial charge in [-0.15, -0.1) is 0 Å². The van der Waals surface area contributed by atoms with Crippen molar-refractivity contribution in [2.24, 2.45) is 10.7 Å². The van der Waals surface area contributed by atoms with E-state index in [1.165, 1.54) is 5.56 Å². The summed E-state index contributed by atoms with van der Waals surface area (Å²) in [5, 5.41) is 4.34. The fraction of sp³-hybridized carbons (Fsp3) is 0.526. The van der Waals surface area contributed by atoms with E-state index in [1.807, 2.05) is 18.3 Å². The molecule has 0 atom stereocenters. The van der Waals surface area contributed by atoms with E-state index >= 15 is 0 Å². The van der Waals surface area contributed by atoms with Crippen molar-refractivity contribution >= 4 is 16.9 Å². The van der Waals surface area contributed by atoms with Gasteiger partial charge >= 0.3 is 0 Å². The molecule has 2 heterocycles. The quantitative estimate of drug-likeness (QED) is 0.376. The second kappa shape index (κ2) is 9.45. The van der Waals surface area contributed by atoms with Gasteiger partial charge in [-0.2, -0.15) is 0 Å². The first-order chi connectivity index (χ1) is 12.8. The van der Waals surface area contributed by atoms with Crippen LogP contribution in [0.25, 0.3) is 10.9 Å². The Kier molecular flexibility index (Phi) is 6.74. The van der Waals surface area contributed by atoms with Crippen LogP contribution in [-0.4, -0.2) is 68.9 Å². The van der Waals surface area contributed by atoms with Gasteiger partial charge in [0.1, 0.15) is 5.75 Å². The number of aromatic nitrogens is 1. The molecule has 1 aliphatic heterocycles. The lowest BCUT2D eigenvalue weighted by molar-refractivity contribution is 0.0377. The van der Waals surface area contributed by atoms with E-state index in [2.05, 4.69) is 26.3 Å². The molecule has 1 aromatic heterocycles. The van der Waals surface area contributed by atoms with Crippen LogP contribution in [-0.2, 0) is 11.2 Å². The second-order valence-electron chi connectivity index (χ2n) is 6.45. The number of hydrogen-bond donors (Lipinski definition) is 3. The fourth-order valence-corrected chi connectivity index (χ4v) is 3.29. The number of hydrogen-bond acceptors (Lipinski definition) is 4. The highest BCUT2D eigenvalue weighted by Gasteiger charge is 2.10. The minimum absolute atomic E-state index is 0.513. The van der Waals surface area contributed by atoms with Crippen LogP contribution in [0, 0.1) is 0 Å². The van der Waals surface area contributed by atoms with Crippen molar-refractivity contribution in [2.75, 3.05) is 53.0 Å². The summed E-state index contributed by atoms with van der Waals surface area (Å²) in [6, 6.07) is 6.03. The Morgan fingerprint density at radius 2 is 2.23 bits per heavy atom. The molecule has 0 radical (unpaired) electrons. The van der Waals surface area contributed by atoms with Crippen LogP contribution in [0.4, 0.5) is 0 Å². The summed E-state index contributed by atoms with van der Waals surface area (Å²) in [5.41, 5.74) is 8.27. The van der Waals surface area contributed by atoms with Crippen molar-refractivity contribution in [2.45, 2.75) is 12.8 Å². The molecule has 2 aromatic rings. The lowest BCUT2D eigenvalue weighted by Crippen LogP contribution is -2.37. The number of benzene rings is 1. The smallest absolute Gasteiger partial charge is 0.188 e. The number of aromatic amines is 1. The highest BCUT2D eigenvalue weighted by molar-refractivity contribution is 5.89. The van der Waals surface area contributed by atoms with Crippen LogP contribution >= 0.6 is 0 Å². The third kappa shape index (κ3) is 4.89. The molecule has 142 valence electrons. The van der Waals surface area contributed by atoms with Gasteiger partial charge in [0.2, 0.25) is 0 Å². The molecule has 1 aromatic carbocycles. The van der Waals surface area contributed by atoms with Crippen LogP contribution in [0.2, 0.25) is 0 Å². The van der Waals surface area contributed by atoms with Gasteiger partial charge < -0.3 is 25.5 Å². The molecule has 1 aliphatic rings. The molecule has 0 unspecified atom stereocenters. The van der Waals surface area contributed by atoms with Crippen LogP contribution in [0.1, 0.15) is 12.0 Å². The van der Waals surface area contributed by atoms with E-state index in [-0.39, 0.29) is 0 Å². The molecule has 0 spiro atoms. The molecule has 4 N–H and O–H groups in total. The number of guanidine groups is 1. The Morgan fingerprint density at radius 3 is 3.04 bits per heavy atom. The first kappa shape index (κ1) is 18.5. The van der Waals surface area contributed by atoms with Crippen molar-refractivity contribution in [3.63, 3.8) is 0 Å². The predicted molar refractivity (Wildman–Crippen MR) is 105 cm³/mol. The topological polar surface area (TPSA) is 87.9 Å². The Bertz CT molecular complexity index is 722. The zero-order valence-corrected chi connectivity index (χ0v) is 15.5. The van der Waals surface area contributed by atoms with Gasteiger partial charge in [-0.1, -0.05) is 6.07 Å². The van der Waals surface area contributed by atoms with E-state index in [1.54, 1.807) is 7.11 Å². The molecular formula is C19H29N5O2. The van der Waals surface area contributed by atoms with Crippen molar-refractivity contribution in [3.05, 3.63) is 30.0 Å². The average molecular weight is 359 g/mol. The standard InChI is InChI=1S/C19H29N5O2/c1-25-17-5-2-4-16-18(17)15(14-23-16)6-8-22-19(20)21-7-3-9-24-10-12-26-13-11-24/h2,4-5,14,23H,3,6-13H2,1H3,(H3,20,21,22). The Labute approximate surface area is 154 Å². The number of morpholine rings is 1. The lowest BCUT2D eigenvalue weighted by atomic mass is 10.1. The number of nitrogens with zero attached hydrogens (tertiary/aromatic N) is 2. The molecule has 0 amide bonds. The molecule has 0 saturated carbocycles. The lowest BCUT2D eigenvalue weighted by Gasteiger charge is -2.26. The Hall–Kier alpha value is -2.25. The van der Waals surface area contributed by atoms with E-state index in [9.17, 15) is 0 Å². The number of nitrogens with one attached hydrogen (secondary N) is 2. The average Bonchev–Trinajstić information content (AvgIpc) is 3.09. The summed E-state index contributed by atoms with van der Waals surface area (Å²) >= 11 is 0. The summed E-state index contributed by atoms with van der Waals surface area (Å²) in [4.78, 5) is 10.1. The van der Waals surface area contributed by atoms with Gasteiger partial charge in [0.05, 0.1) is 20.3 Å². The number of nitrogens with two attached hydrogens (primary N) is 1. The molecule has 1 saturated heterocycles. The second-order valence-corrected chi connectivity index (χ2v) is 6.45. The summed E-state index contributed by atoms with van der Waals surface area (Å²) in [6.45, 7) is 6.25. The molecule has 1 fully saturated rings. The first-order valence-corrected chi connectivity index (χ1v) is 9.25. The maximum atomic E-state index is 5.97. The highest BCUT2D eigenvalue weighted by atomic mass is 16.5. The SMILES string of the molecule is COc1cccc2[nH]cc(CCNC(N)=NCCCN3CCOCC3)c12. The largest absolute Gasteiger partial charge is 0.496 e. The fourth-order valence-electron chi connectivity index (χ4n) is 3.29. The maximum absolute atomic E-state index is 5.97. The van der Waals surface area contributed by atoms with Gasteiger partial charge in [0, 0.05) is 49.8 Å². The zero-order chi connectivity index (χ0) is 18.2. The predicted octanol–water partition coefficient (Wildman–Crippen LogP) is 1.35. The van der Waals surface area contributed by atoms with E-state index in [0.29, 0.717) is 5.96 Å². The Morgan fingerprint density at radius 1 is 1.38 bits per heavy atom. The number of H-pyrrole nitrogens is 1. The molecule has 0 bridgehead atoms. The molecule has 7 heteroatoms. The van der Waals surface area contributed by atoms with Crippen LogP contribution in [0.3, 0.4) is 0 Å². The minimum atomic E-state index is 0.513. The van der Waals surface area contributed by atoms with Gasteiger partial charge in [0.25, 0.3) is 0 Å². The number of aliphatic imine (C=N–C) groups is 1. The minimum Gasteiger partial charge on any atom is -0.496 e. The first-order valence-electron chi connectivity index (χ1n) is 9.25. The number of ether oxygens (including phenoxy) is 2. The third-order valence-electron chi connectivity index (χ3n) is 4.69. The Balaban J connectivity index is 1.41. The van der Waals surface area contributed by atoms with E-state index in [0.717, 1.165) is 75.4 Å². The van der Waals surface area contributed by atoms with Gasteiger partial charge in [-0.05, 0) is 30.5 Å². The summed E-state index contributed by atoms with van der Waals surface area (Å²) in [5.74, 6) is 1.40. The third-order valence-corrected chi connectivity index (χ3v) is 4.69. The van der Waals surface area contributed by atoms with E-state index in [4.69, 9.17) is 15.2 Å². The van der Waals surface area contributed by atoms with Crippen LogP contribution < -0.4 is 15.8 Å². The maximum Gasteiger partial charge on any atom is 0.188 e. The summed E-state index contributed by atoms with van der Waals surface area (Å²) in [6.07, 6.45) is 3.90. The summed E-state index contributed by atoms with van der Waals surface area (Å²) < 4.78 is 10.8. The van der Waals surface area contributed by atoms with Gasteiger partial charge in [-0.25, -0.2) is 0 Å². The molecule has 3 rings (SSSR count). The number of methoxy groups -OCH3 is 1. The molecule has 0 aliphatic carbocycles. The van der Waals surface area contributed by atoms with Gasteiger partial charge in [-0.3, -0.25) is 9.89 Å². The van der Waals surface area contributed by atoms with Crippen molar-refractivity contribution in [3.8, 4) is 5.75 Å². The van der Waals surface area contributed by atoms with Crippen LogP contribution in [0.5, 0.6) is 5.75 Å². The van der Waals surface area contributed by atoms with Crippen molar-refractivity contribution < 1.29 is 9.47 Å².